The molecule has 4 heterocycles. The Labute approximate surface area is 504 Å². The molecule has 0 radical (unpaired) electrons. The molecule has 3 aromatic carbocycles. The molecule has 0 saturated carbocycles. The second-order valence-corrected chi connectivity index (χ2v) is 21.6. The maximum Gasteiger partial charge on any atom is 0.415 e. The van der Waals surface area contributed by atoms with Crippen LogP contribution in [-0.4, -0.2) is 161 Å². The third-order valence-electron chi connectivity index (χ3n) is 14.7. The first-order valence-corrected chi connectivity index (χ1v) is 28.5. The van der Waals surface area contributed by atoms with Crippen molar-refractivity contribution in [2.45, 2.75) is 71.1 Å². The number of anilines is 3. The van der Waals surface area contributed by atoms with Crippen molar-refractivity contribution >= 4 is 110 Å². The number of nitrogens with one attached hydrogen (secondary N) is 6. The Balaban J connectivity index is 0.842. The summed E-state index contributed by atoms with van der Waals surface area (Å²) in [5, 5.41) is 24.9. The van der Waals surface area contributed by atoms with Crippen LogP contribution in [0.2, 0.25) is 0 Å². The van der Waals surface area contributed by atoms with Gasteiger partial charge < -0.3 is 71.3 Å². The zero-order valence-corrected chi connectivity index (χ0v) is 49.2. The van der Waals surface area contributed by atoms with Crippen LogP contribution in [0.5, 0.6) is 5.75 Å². The van der Waals surface area contributed by atoms with Crippen LogP contribution in [0.15, 0.2) is 102 Å². The maximum atomic E-state index is 14.5. The van der Waals surface area contributed by atoms with Gasteiger partial charge in [-0.1, -0.05) is 50.3 Å². The molecule has 458 valence electrons. The number of nitrogens with two attached hydrogens (primary N) is 1. The number of pyridine rings is 1. The highest BCUT2D eigenvalue weighted by atomic mass is 35.5. The number of aromatic nitrogens is 2. The minimum absolute atomic E-state index is 0.0374. The summed E-state index contributed by atoms with van der Waals surface area (Å²) in [7, 11) is 3.02. The molecule has 2 aliphatic heterocycles. The van der Waals surface area contributed by atoms with Crippen LogP contribution < -0.4 is 42.0 Å². The number of carbonyl (C=O) groups is 10. The number of nitrogens with zero attached hydrogens (tertiary/aromatic N) is 5. The number of H-pyrrole nitrogens is 1. The number of fused-ring (bicyclic) bond motifs is 4. The molecule has 8 rings (SSSR count). The second kappa shape index (κ2) is 28.3. The van der Waals surface area contributed by atoms with E-state index in [0.717, 1.165) is 33.6 Å². The normalized spacial score (nSPS) is 15.0. The van der Waals surface area contributed by atoms with Crippen molar-refractivity contribution < 1.29 is 67.3 Å². The number of alkyl carbamates (subject to hydrolysis) is 1. The van der Waals surface area contributed by atoms with Gasteiger partial charge in [0, 0.05) is 98.7 Å². The SMILES string of the molecule is Cc1cccc2c(OC(=O)N(C)CCN(C)C(=O)OCc3ccc(NC(=O)[C@H](CCCNC(N)=O)NC(=O)[C@@H](NC(=O)OCCN4C(=O)C=CC4=O)C(C)C)cc3)cc3c(c12)[C@H](CCl)CN3C(=O)c1cc2cc(NC(=O)C3=CC=C(O)CC3)ncc2[nH]1. The lowest BCUT2D eigenvalue weighted by Gasteiger charge is -2.25. The fourth-order valence-electron chi connectivity index (χ4n) is 9.92. The Bertz CT molecular complexity index is 3600. The molecule has 9 N–H and O–H groups in total. The maximum absolute atomic E-state index is 14.5. The summed E-state index contributed by atoms with van der Waals surface area (Å²) in [6, 6.07) is 13.9. The third kappa shape index (κ3) is 15.7. The van der Waals surface area contributed by atoms with E-state index < -0.39 is 65.9 Å². The first kappa shape index (κ1) is 63.1. The largest absolute Gasteiger partial charge is 0.512 e. The van der Waals surface area contributed by atoms with Gasteiger partial charge in [-0.05, 0) is 84.5 Å². The lowest BCUT2D eigenvalue weighted by molar-refractivity contribution is -0.137. The molecule has 0 fully saturated rings. The van der Waals surface area contributed by atoms with E-state index in [1.54, 1.807) is 67.3 Å². The lowest BCUT2D eigenvalue weighted by Crippen LogP contribution is -2.54. The predicted octanol–water partition coefficient (Wildman–Crippen LogP) is 6.35. The Kier molecular flexibility index (Phi) is 20.5. The summed E-state index contributed by atoms with van der Waals surface area (Å²) in [4.78, 5) is 142. The first-order chi connectivity index (χ1) is 41.6. The smallest absolute Gasteiger partial charge is 0.415 e. The average molecular weight is 1220 g/mol. The summed E-state index contributed by atoms with van der Waals surface area (Å²) in [6.45, 7) is 4.99. The fourth-order valence-corrected chi connectivity index (χ4v) is 10.2. The van der Waals surface area contributed by atoms with Crippen LogP contribution in [0.25, 0.3) is 21.7 Å². The van der Waals surface area contributed by atoms with E-state index >= 15 is 0 Å². The number of carbonyl (C=O) groups excluding carboxylic acids is 10. The molecule has 26 nitrogen and oxygen atoms in total. The molecule has 3 atom stereocenters. The van der Waals surface area contributed by atoms with Gasteiger partial charge in [-0.25, -0.2) is 24.2 Å². The van der Waals surface area contributed by atoms with Gasteiger partial charge in [-0.2, -0.15) is 0 Å². The number of urea groups is 1. The zero-order chi connectivity index (χ0) is 62.6. The van der Waals surface area contributed by atoms with Crippen molar-refractivity contribution in [3.05, 3.63) is 125 Å². The molecule has 0 unspecified atom stereocenters. The number of aryl methyl sites for hydroxylation is 1. The molecule has 0 saturated heterocycles. The number of hydrogen-bond acceptors (Lipinski definition) is 15. The number of halogens is 1. The average Bonchev–Trinajstić information content (AvgIpc) is 1.70. The summed E-state index contributed by atoms with van der Waals surface area (Å²) in [6.07, 6.45) is 5.37. The number of aliphatic hydroxyl groups is 1. The summed E-state index contributed by atoms with van der Waals surface area (Å²) >= 11 is 6.61. The van der Waals surface area contributed by atoms with Crippen LogP contribution in [0.3, 0.4) is 0 Å². The number of rotatable bonds is 23. The van der Waals surface area contributed by atoms with Crippen molar-refractivity contribution in [1.82, 2.24) is 40.6 Å². The van der Waals surface area contributed by atoms with Crippen molar-refractivity contribution in [2.75, 3.05) is 74.8 Å². The molecule has 3 aliphatic rings. The molecule has 5 aromatic rings. The van der Waals surface area contributed by atoms with E-state index in [-0.39, 0.29) is 105 Å². The van der Waals surface area contributed by atoms with Crippen LogP contribution in [0.1, 0.15) is 72.6 Å². The number of likely N-dealkylation sites (N-methyl/N-ethyl adjacent to an activating group) is 2. The molecular formula is C60H67ClN12O14. The Morgan fingerprint density at radius 1 is 0.885 bits per heavy atom. The lowest BCUT2D eigenvalue weighted by atomic mass is 9.92. The van der Waals surface area contributed by atoms with Gasteiger partial charge in [0.05, 0.1) is 29.7 Å². The van der Waals surface area contributed by atoms with E-state index in [0.29, 0.717) is 51.6 Å². The second-order valence-electron chi connectivity index (χ2n) is 21.3. The van der Waals surface area contributed by atoms with Gasteiger partial charge >= 0.3 is 24.3 Å². The van der Waals surface area contributed by atoms with E-state index in [2.05, 4.69) is 36.6 Å². The number of benzene rings is 3. The van der Waals surface area contributed by atoms with Crippen molar-refractivity contribution in [2.24, 2.45) is 11.7 Å². The number of aliphatic hydroxyl groups excluding tert-OH is 1. The molecule has 11 amide bonds. The van der Waals surface area contributed by atoms with Crippen LogP contribution >= 0.6 is 11.6 Å². The van der Waals surface area contributed by atoms with Crippen LogP contribution in [0, 0.1) is 12.8 Å². The van der Waals surface area contributed by atoms with E-state index in [9.17, 15) is 53.1 Å². The van der Waals surface area contributed by atoms with Gasteiger partial charge in [-0.3, -0.25) is 33.7 Å². The first-order valence-electron chi connectivity index (χ1n) is 27.9. The van der Waals surface area contributed by atoms with E-state index in [1.807, 2.05) is 25.1 Å². The van der Waals surface area contributed by atoms with Gasteiger partial charge in [-0.15, -0.1) is 11.6 Å². The standard InChI is InChI=1S/C60H67ClN12O14/c1-33(2)52(69-58(82)85-25-24-72-48(75)19-20-49(72)76)55(79)67-42(10-7-21-63-57(62)81)54(78)65-39-15-11-35(12-16-39)32-86-59(83)70(4)22-23-71(5)60(84)87-46-28-45-51(50-34(3)8-6-9-41(46)50)38(29-61)31-73(45)56(80)43-26-37-27-47(64-30-44(37)66-43)68-53(77)36-13-17-40(74)18-14-36/h6,8-9,11-13,15-17,19-20,26-28,30,33,38,42,52,66,74H,7,10,14,18,21-25,29,31-32H2,1-5H3,(H,65,78)(H,67,79)(H,69,82)(H3,62,63,81)(H,64,68,77)/t38-,42+,52+/m1/s1. The highest BCUT2D eigenvalue weighted by molar-refractivity contribution is 6.20. The fraction of sp³-hybridized carbons (Fsp3) is 0.350. The molecule has 0 spiro atoms. The predicted molar refractivity (Wildman–Crippen MR) is 321 cm³/mol. The quantitative estimate of drug-likeness (QED) is 0.0201. The molecular weight excluding hydrogens is 1150 g/mol. The highest BCUT2D eigenvalue weighted by Gasteiger charge is 2.37. The minimum atomic E-state index is -1.17. The Morgan fingerprint density at radius 3 is 2.29 bits per heavy atom. The van der Waals surface area contributed by atoms with Crippen LogP contribution in [-0.2, 0) is 40.1 Å². The highest BCUT2D eigenvalue weighted by Crippen LogP contribution is 2.47. The molecule has 87 heavy (non-hydrogen) atoms. The summed E-state index contributed by atoms with van der Waals surface area (Å²) in [5.41, 5.74) is 9.62. The molecule has 2 aromatic heterocycles. The van der Waals surface area contributed by atoms with Gasteiger partial charge in [0.1, 0.15) is 42.6 Å². The molecule has 1 aliphatic carbocycles. The number of ether oxygens (including phenoxy) is 3. The van der Waals surface area contributed by atoms with Gasteiger partial charge in [0.15, 0.2) is 0 Å². The van der Waals surface area contributed by atoms with Gasteiger partial charge in [0.25, 0.3) is 23.6 Å². The minimum Gasteiger partial charge on any atom is -0.512 e. The Hall–Kier alpha value is -9.98. The monoisotopic (exact) mass is 1210 g/mol. The third-order valence-corrected chi connectivity index (χ3v) is 15.1. The number of imide groups is 1. The van der Waals surface area contributed by atoms with E-state index in [1.165, 1.54) is 36.2 Å². The number of aromatic amines is 1. The van der Waals surface area contributed by atoms with Crippen molar-refractivity contribution in [3.63, 3.8) is 0 Å². The zero-order valence-electron chi connectivity index (χ0n) is 48.4. The number of allylic oxidation sites excluding steroid dienone is 3. The Morgan fingerprint density at radius 2 is 1.61 bits per heavy atom. The number of hydrogen-bond donors (Lipinski definition) is 8. The topological polar surface area (TPSA) is 346 Å². The molecule has 27 heteroatoms. The van der Waals surface area contributed by atoms with E-state index in [4.69, 9.17) is 31.5 Å². The number of amides is 11. The van der Waals surface area contributed by atoms with Crippen molar-refractivity contribution in [3.8, 4) is 5.75 Å². The van der Waals surface area contributed by atoms with Gasteiger partial charge in [0.2, 0.25) is 11.8 Å². The summed E-state index contributed by atoms with van der Waals surface area (Å²) < 4.78 is 16.8. The van der Waals surface area contributed by atoms with Crippen LogP contribution in [0.4, 0.5) is 36.4 Å². The number of primary amides is 1. The van der Waals surface area contributed by atoms with Crippen molar-refractivity contribution in [1.29, 1.82) is 0 Å². The molecule has 0 bridgehead atoms. The number of alkyl halides is 1. The summed E-state index contributed by atoms with van der Waals surface area (Å²) in [5.74, 6) is -3.01.